The Morgan fingerprint density at radius 2 is 2.17 bits per heavy atom. The lowest BCUT2D eigenvalue weighted by Gasteiger charge is -2.22. The summed E-state index contributed by atoms with van der Waals surface area (Å²) < 4.78 is 0. The smallest absolute Gasteiger partial charge is 0.220 e. The van der Waals surface area contributed by atoms with Crippen LogP contribution in [0, 0.1) is 5.41 Å². The first-order chi connectivity index (χ1) is 8.45. The Kier molecular flexibility index (Phi) is 5.07. The summed E-state index contributed by atoms with van der Waals surface area (Å²) in [5, 5.41) is 2.81. The van der Waals surface area contributed by atoms with E-state index in [0.29, 0.717) is 25.8 Å². The van der Waals surface area contributed by atoms with Gasteiger partial charge >= 0.3 is 0 Å². The third-order valence-corrected chi connectivity index (χ3v) is 2.98. The quantitative estimate of drug-likeness (QED) is 0.770. The standard InChI is InChI=1S/C13H21N3O2/c1-4-11(17)13(2,3)8-15-12(18)6-5-10-7-14-9-16-10/h7,9H,4-6,8H2,1-3H3,(H,14,16)(H,15,18). The molecule has 0 bridgehead atoms. The lowest BCUT2D eigenvalue weighted by molar-refractivity contribution is -0.127. The molecule has 1 aromatic rings. The predicted molar refractivity (Wildman–Crippen MR) is 69.0 cm³/mol. The third kappa shape index (κ3) is 4.31. The maximum Gasteiger partial charge on any atom is 0.220 e. The molecule has 18 heavy (non-hydrogen) atoms. The number of hydrogen-bond donors (Lipinski definition) is 2. The molecule has 0 unspecified atom stereocenters. The van der Waals surface area contributed by atoms with Crippen molar-refractivity contribution < 1.29 is 9.59 Å². The summed E-state index contributed by atoms with van der Waals surface area (Å²) in [6.45, 7) is 5.94. The molecule has 0 radical (unpaired) electrons. The van der Waals surface area contributed by atoms with Crippen molar-refractivity contribution in [2.24, 2.45) is 5.41 Å². The maximum atomic E-state index is 11.6. The molecule has 100 valence electrons. The first-order valence-electron chi connectivity index (χ1n) is 6.23. The monoisotopic (exact) mass is 251 g/mol. The molecular formula is C13H21N3O2. The highest BCUT2D eigenvalue weighted by Crippen LogP contribution is 2.16. The van der Waals surface area contributed by atoms with Gasteiger partial charge in [-0.15, -0.1) is 0 Å². The van der Waals surface area contributed by atoms with Gasteiger partial charge in [-0.1, -0.05) is 20.8 Å². The van der Waals surface area contributed by atoms with E-state index in [2.05, 4.69) is 15.3 Å². The molecule has 0 saturated heterocycles. The number of rotatable bonds is 7. The van der Waals surface area contributed by atoms with Crippen LogP contribution < -0.4 is 5.32 Å². The van der Waals surface area contributed by atoms with Gasteiger partial charge in [-0.05, 0) is 6.42 Å². The van der Waals surface area contributed by atoms with E-state index in [1.807, 2.05) is 20.8 Å². The van der Waals surface area contributed by atoms with Crippen molar-refractivity contribution in [1.29, 1.82) is 0 Å². The van der Waals surface area contributed by atoms with Gasteiger partial charge in [-0.2, -0.15) is 0 Å². The zero-order valence-electron chi connectivity index (χ0n) is 11.2. The van der Waals surface area contributed by atoms with Crippen LogP contribution in [0.25, 0.3) is 0 Å². The largest absolute Gasteiger partial charge is 0.355 e. The fraction of sp³-hybridized carbons (Fsp3) is 0.615. The van der Waals surface area contributed by atoms with Gasteiger partial charge in [0.2, 0.25) is 5.91 Å². The SMILES string of the molecule is CCC(=O)C(C)(C)CNC(=O)CCc1cnc[nH]1. The Balaban J connectivity index is 2.30. The average molecular weight is 251 g/mol. The number of Topliss-reactive ketones (excluding diaryl/α,β-unsaturated/α-hetero) is 1. The summed E-state index contributed by atoms with van der Waals surface area (Å²) in [6.07, 6.45) is 4.83. The van der Waals surface area contributed by atoms with Crippen LogP contribution in [0.2, 0.25) is 0 Å². The maximum absolute atomic E-state index is 11.6. The van der Waals surface area contributed by atoms with Crippen LogP contribution in [-0.4, -0.2) is 28.2 Å². The Morgan fingerprint density at radius 1 is 1.44 bits per heavy atom. The first kappa shape index (κ1) is 14.4. The van der Waals surface area contributed by atoms with Gasteiger partial charge in [0.25, 0.3) is 0 Å². The van der Waals surface area contributed by atoms with Crippen molar-refractivity contribution in [1.82, 2.24) is 15.3 Å². The number of imidazole rings is 1. The number of aryl methyl sites for hydroxylation is 1. The molecule has 1 rings (SSSR count). The molecular weight excluding hydrogens is 230 g/mol. The van der Waals surface area contributed by atoms with Crippen molar-refractivity contribution >= 4 is 11.7 Å². The van der Waals surface area contributed by atoms with Crippen molar-refractivity contribution in [2.75, 3.05) is 6.54 Å². The van der Waals surface area contributed by atoms with Crippen LogP contribution in [0.1, 0.15) is 39.3 Å². The number of nitrogens with zero attached hydrogens (tertiary/aromatic N) is 1. The molecule has 5 heteroatoms. The normalized spacial score (nSPS) is 11.3. The third-order valence-electron chi connectivity index (χ3n) is 2.98. The van der Waals surface area contributed by atoms with E-state index >= 15 is 0 Å². The van der Waals surface area contributed by atoms with Gasteiger partial charge in [0.15, 0.2) is 0 Å². The van der Waals surface area contributed by atoms with Crippen molar-refractivity contribution in [2.45, 2.75) is 40.0 Å². The Hall–Kier alpha value is -1.65. The van der Waals surface area contributed by atoms with E-state index in [9.17, 15) is 9.59 Å². The van der Waals surface area contributed by atoms with E-state index in [4.69, 9.17) is 0 Å². The van der Waals surface area contributed by atoms with E-state index in [-0.39, 0.29) is 11.7 Å². The van der Waals surface area contributed by atoms with Gasteiger partial charge in [-0.3, -0.25) is 9.59 Å². The molecule has 1 heterocycles. The number of aromatic nitrogens is 2. The first-order valence-corrected chi connectivity index (χ1v) is 6.23. The summed E-state index contributed by atoms with van der Waals surface area (Å²) in [4.78, 5) is 30.1. The molecule has 1 amide bonds. The van der Waals surface area contributed by atoms with Gasteiger partial charge in [0.05, 0.1) is 6.33 Å². The van der Waals surface area contributed by atoms with Crippen molar-refractivity contribution in [3.63, 3.8) is 0 Å². The van der Waals surface area contributed by atoms with Gasteiger partial charge in [0, 0.05) is 36.7 Å². The minimum absolute atomic E-state index is 0.0402. The lowest BCUT2D eigenvalue weighted by Crippen LogP contribution is -2.38. The summed E-state index contributed by atoms with van der Waals surface area (Å²) in [7, 11) is 0. The van der Waals surface area contributed by atoms with E-state index in [1.165, 1.54) is 0 Å². The molecule has 5 nitrogen and oxygen atoms in total. The number of aromatic amines is 1. The number of hydrogen-bond acceptors (Lipinski definition) is 3. The predicted octanol–water partition coefficient (Wildman–Crippen LogP) is 1.46. The van der Waals surface area contributed by atoms with E-state index < -0.39 is 5.41 Å². The average Bonchev–Trinajstić information content (AvgIpc) is 2.86. The number of amides is 1. The highest BCUT2D eigenvalue weighted by atomic mass is 16.1. The van der Waals surface area contributed by atoms with Crippen molar-refractivity contribution in [3.8, 4) is 0 Å². The molecule has 0 aliphatic heterocycles. The van der Waals surface area contributed by atoms with Crippen LogP contribution >= 0.6 is 0 Å². The van der Waals surface area contributed by atoms with Gasteiger partial charge < -0.3 is 10.3 Å². The Bertz CT molecular complexity index is 396. The van der Waals surface area contributed by atoms with Crippen LogP contribution in [0.15, 0.2) is 12.5 Å². The van der Waals surface area contributed by atoms with E-state index in [0.717, 1.165) is 5.69 Å². The molecule has 0 aromatic carbocycles. The van der Waals surface area contributed by atoms with Crippen LogP contribution in [0.5, 0.6) is 0 Å². The topological polar surface area (TPSA) is 74.8 Å². The Labute approximate surface area is 107 Å². The molecule has 0 atom stereocenters. The minimum atomic E-state index is -0.488. The molecule has 1 aromatic heterocycles. The van der Waals surface area contributed by atoms with Crippen molar-refractivity contribution in [3.05, 3.63) is 18.2 Å². The van der Waals surface area contributed by atoms with E-state index in [1.54, 1.807) is 12.5 Å². The molecule has 0 saturated carbocycles. The van der Waals surface area contributed by atoms with Crippen LogP contribution in [0.4, 0.5) is 0 Å². The lowest BCUT2D eigenvalue weighted by atomic mass is 9.86. The fourth-order valence-electron chi connectivity index (χ4n) is 1.65. The molecule has 0 aliphatic rings. The second-order valence-corrected chi connectivity index (χ2v) is 5.01. The highest BCUT2D eigenvalue weighted by molar-refractivity contribution is 5.85. The number of ketones is 1. The summed E-state index contributed by atoms with van der Waals surface area (Å²) >= 11 is 0. The fourth-order valence-corrected chi connectivity index (χ4v) is 1.65. The van der Waals surface area contributed by atoms with Gasteiger partial charge in [-0.25, -0.2) is 4.98 Å². The summed E-state index contributed by atoms with van der Waals surface area (Å²) in [5.74, 6) is 0.123. The minimum Gasteiger partial charge on any atom is -0.355 e. The summed E-state index contributed by atoms with van der Waals surface area (Å²) in [5.41, 5.74) is 0.451. The summed E-state index contributed by atoms with van der Waals surface area (Å²) in [6, 6.07) is 0. The molecule has 0 fully saturated rings. The highest BCUT2D eigenvalue weighted by Gasteiger charge is 2.26. The number of carbonyl (C=O) groups excluding carboxylic acids is 2. The molecule has 0 spiro atoms. The van der Waals surface area contributed by atoms with Gasteiger partial charge in [0.1, 0.15) is 5.78 Å². The molecule has 0 aliphatic carbocycles. The number of H-pyrrole nitrogens is 1. The Morgan fingerprint density at radius 3 is 2.72 bits per heavy atom. The van der Waals surface area contributed by atoms with Crippen LogP contribution in [0.3, 0.4) is 0 Å². The van der Waals surface area contributed by atoms with Crippen LogP contribution in [-0.2, 0) is 16.0 Å². The number of carbonyl (C=O) groups is 2. The number of nitrogens with one attached hydrogen (secondary N) is 2. The molecule has 2 N–H and O–H groups in total. The zero-order valence-corrected chi connectivity index (χ0v) is 11.2. The second kappa shape index (κ2) is 6.33. The zero-order chi connectivity index (χ0) is 13.6. The second-order valence-electron chi connectivity index (χ2n) is 5.01.